The number of methoxy groups -OCH3 is 1. The van der Waals surface area contributed by atoms with Crippen LogP contribution < -0.4 is 14.8 Å². The minimum Gasteiger partial charge on any atom is -0.497 e. The maximum absolute atomic E-state index is 10.2. The highest BCUT2D eigenvalue weighted by Gasteiger charge is 2.08. The number of hydrogen-bond acceptors (Lipinski definition) is 5. The van der Waals surface area contributed by atoms with E-state index < -0.39 is 6.10 Å². The SMILES string of the molecule is CCOc1ccc(NCC(O)c2cccc(OC)c2)cn1. The fourth-order valence-electron chi connectivity index (χ4n) is 1.90. The molecule has 0 spiro atoms. The lowest BCUT2D eigenvalue weighted by Gasteiger charge is -2.14. The van der Waals surface area contributed by atoms with Crippen LogP contribution in [0, 0.1) is 0 Å². The number of nitrogens with one attached hydrogen (secondary N) is 1. The molecule has 21 heavy (non-hydrogen) atoms. The topological polar surface area (TPSA) is 63.6 Å². The van der Waals surface area contributed by atoms with Gasteiger partial charge in [0.25, 0.3) is 0 Å². The third kappa shape index (κ3) is 4.36. The average molecular weight is 288 g/mol. The van der Waals surface area contributed by atoms with E-state index in [0.717, 1.165) is 17.0 Å². The number of rotatable bonds is 7. The molecule has 2 aromatic rings. The molecule has 0 aliphatic rings. The molecule has 112 valence electrons. The zero-order valence-corrected chi connectivity index (χ0v) is 12.2. The summed E-state index contributed by atoms with van der Waals surface area (Å²) in [6.45, 7) is 2.90. The van der Waals surface area contributed by atoms with Crippen LogP contribution in [0.15, 0.2) is 42.6 Å². The van der Waals surface area contributed by atoms with Gasteiger partial charge in [0.2, 0.25) is 5.88 Å². The van der Waals surface area contributed by atoms with Crippen LogP contribution in [0.25, 0.3) is 0 Å². The molecule has 0 aliphatic heterocycles. The van der Waals surface area contributed by atoms with Crippen molar-refractivity contribution in [2.24, 2.45) is 0 Å². The van der Waals surface area contributed by atoms with Crippen LogP contribution >= 0.6 is 0 Å². The summed E-state index contributed by atoms with van der Waals surface area (Å²) in [6.07, 6.45) is 1.06. The Morgan fingerprint density at radius 1 is 1.29 bits per heavy atom. The van der Waals surface area contributed by atoms with Gasteiger partial charge in [-0.25, -0.2) is 4.98 Å². The first-order valence-corrected chi connectivity index (χ1v) is 6.87. The lowest BCUT2D eigenvalue weighted by Crippen LogP contribution is -2.12. The molecule has 0 amide bonds. The fourth-order valence-corrected chi connectivity index (χ4v) is 1.90. The van der Waals surface area contributed by atoms with Crippen molar-refractivity contribution >= 4 is 5.69 Å². The first kappa shape index (κ1) is 15.1. The molecule has 5 heteroatoms. The van der Waals surface area contributed by atoms with Gasteiger partial charge < -0.3 is 19.9 Å². The maximum Gasteiger partial charge on any atom is 0.213 e. The van der Waals surface area contributed by atoms with Gasteiger partial charge in [-0.05, 0) is 30.7 Å². The Morgan fingerprint density at radius 2 is 2.14 bits per heavy atom. The van der Waals surface area contributed by atoms with E-state index >= 15 is 0 Å². The van der Waals surface area contributed by atoms with Crippen LogP contribution in [0.2, 0.25) is 0 Å². The van der Waals surface area contributed by atoms with Crippen molar-refractivity contribution in [3.63, 3.8) is 0 Å². The van der Waals surface area contributed by atoms with Gasteiger partial charge in [-0.2, -0.15) is 0 Å². The first-order chi connectivity index (χ1) is 10.2. The molecule has 2 N–H and O–H groups in total. The van der Waals surface area contributed by atoms with E-state index in [0.29, 0.717) is 19.0 Å². The second-order valence-corrected chi connectivity index (χ2v) is 4.49. The van der Waals surface area contributed by atoms with Crippen molar-refractivity contribution in [2.75, 3.05) is 25.6 Å². The standard InChI is InChI=1S/C16H20N2O3/c1-3-21-16-8-7-13(10-18-16)17-11-15(19)12-5-4-6-14(9-12)20-2/h4-10,15,17,19H,3,11H2,1-2H3. The molecule has 1 atom stereocenters. The van der Waals surface area contributed by atoms with Gasteiger partial charge in [-0.3, -0.25) is 0 Å². The van der Waals surface area contributed by atoms with Crippen molar-refractivity contribution in [2.45, 2.75) is 13.0 Å². The number of aliphatic hydroxyl groups is 1. The van der Waals surface area contributed by atoms with Gasteiger partial charge in [-0.15, -0.1) is 0 Å². The predicted octanol–water partition coefficient (Wildman–Crippen LogP) is 2.63. The first-order valence-electron chi connectivity index (χ1n) is 6.87. The summed E-state index contributed by atoms with van der Waals surface area (Å²) in [5.41, 5.74) is 1.64. The highest BCUT2D eigenvalue weighted by molar-refractivity contribution is 5.42. The minimum atomic E-state index is -0.619. The quantitative estimate of drug-likeness (QED) is 0.820. The molecule has 2 rings (SSSR count). The predicted molar refractivity (Wildman–Crippen MR) is 81.8 cm³/mol. The van der Waals surface area contributed by atoms with Crippen LogP contribution in [0.5, 0.6) is 11.6 Å². The Hall–Kier alpha value is -2.27. The van der Waals surface area contributed by atoms with Gasteiger partial charge in [0, 0.05) is 12.6 Å². The lowest BCUT2D eigenvalue weighted by atomic mass is 10.1. The third-order valence-corrected chi connectivity index (χ3v) is 3.01. The van der Waals surface area contributed by atoms with Crippen molar-refractivity contribution in [3.8, 4) is 11.6 Å². The molecule has 1 heterocycles. The molecular weight excluding hydrogens is 268 g/mol. The number of nitrogens with zero attached hydrogens (tertiary/aromatic N) is 1. The van der Waals surface area contributed by atoms with Gasteiger partial charge in [0.1, 0.15) is 5.75 Å². The summed E-state index contributed by atoms with van der Waals surface area (Å²) in [6, 6.07) is 11.1. The molecule has 0 radical (unpaired) electrons. The largest absolute Gasteiger partial charge is 0.497 e. The molecule has 0 bridgehead atoms. The number of aliphatic hydroxyl groups excluding tert-OH is 1. The molecule has 0 saturated heterocycles. The fraction of sp³-hybridized carbons (Fsp3) is 0.312. The van der Waals surface area contributed by atoms with E-state index in [9.17, 15) is 5.11 Å². The normalized spacial score (nSPS) is 11.8. The molecule has 5 nitrogen and oxygen atoms in total. The van der Waals surface area contributed by atoms with Gasteiger partial charge in [0.05, 0.1) is 31.7 Å². The summed E-state index contributed by atoms with van der Waals surface area (Å²) in [4.78, 5) is 4.16. The monoisotopic (exact) mass is 288 g/mol. The Labute approximate surface area is 124 Å². The number of ether oxygens (including phenoxy) is 2. The van der Waals surface area contributed by atoms with Crippen LogP contribution in [-0.2, 0) is 0 Å². The number of pyridine rings is 1. The smallest absolute Gasteiger partial charge is 0.213 e. The van der Waals surface area contributed by atoms with Crippen molar-refractivity contribution in [3.05, 3.63) is 48.2 Å². The maximum atomic E-state index is 10.2. The van der Waals surface area contributed by atoms with Crippen molar-refractivity contribution in [1.82, 2.24) is 4.98 Å². The van der Waals surface area contributed by atoms with Crippen molar-refractivity contribution in [1.29, 1.82) is 0 Å². The van der Waals surface area contributed by atoms with Crippen molar-refractivity contribution < 1.29 is 14.6 Å². The summed E-state index contributed by atoms with van der Waals surface area (Å²) in [5.74, 6) is 1.32. The number of hydrogen-bond donors (Lipinski definition) is 2. The van der Waals surface area contributed by atoms with Gasteiger partial charge >= 0.3 is 0 Å². The number of aromatic nitrogens is 1. The number of benzene rings is 1. The van der Waals surface area contributed by atoms with E-state index in [4.69, 9.17) is 9.47 Å². The number of anilines is 1. The Bertz CT molecular complexity index is 558. The average Bonchev–Trinajstić information content (AvgIpc) is 2.54. The van der Waals surface area contributed by atoms with Crippen LogP contribution in [0.3, 0.4) is 0 Å². The highest BCUT2D eigenvalue weighted by atomic mass is 16.5. The van der Waals surface area contributed by atoms with E-state index in [2.05, 4.69) is 10.3 Å². The van der Waals surface area contributed by atoms with E-state index in [1.807, 2.05) is 37.3 Å². The van der Waals surface area contributed by atoms with Crippen LogP contribution in [-0.4, -0.2) is 30.4 Å². The lowest BCUT2D eigenvalue weighted by molar-refractivity contribution is 0.191. The highest BCUT2D eigenvalue weighted by Crippen LogP contribution is 2.20. The zero-order valence-electron chi connectivity index (χ0n) is 12.2. The van der Waals surface area contributed by atoms with Crippen LogP contribution in [0.4, 0.5) is 5.69 Å². The Kier molecular flexibility index (Phi) is 5.40. The second kappa shape index (κ2) is 7.50. The summed E-state index contributed by atoms with van der Waals surface area (Å²) < 4.78 is 10.4. The summed E-state index contributed by atoms with van der Waals surface area (Å²) in [5, 5.41) is 13.3. The molecule has 0 aliphatic carbocycles. The second-order valence-electron chi connectivity index (χ2n) is 4.49. The van der Waals surface area contributed by atoms with E-state index in [1.165, 1.54) is 0 Å². The van der Waals surface area contributed by atoms with E-state index in [-0.39, 0.29) is 0 Å². The molecule has 1 aromatic carbocycles. The molecule has 0 saturated carbocycles. The Balaban J connectivity index is 1.92. The van der Waals surface area contributed by atoms with Crippen LogP contribution in [0.1, 0.15) is 18.6 Å². The summed E-state index contributed by atoms with van der Waals surface area (Å²) in [7, 11) is 1.61. The molecular formula is C16H20N2O3. The van der Waals surface area contributed by atoms with E-state index in [1.54, 1.807) is 19.4 Å². The minimum absolute atomic E-state index is 0.392. The van der Waals surface area contributed by atoms with Gasteiger partial charge in [0.15, 0.2) is 0 Å². The molecule has 0 fully saturated rings. The Morgan fingerprint density at radius 3 is 2.81 bits per heavy atom. The molecule has 1 unspecified atom stereocenters. The summed E-state index contributed by atoms with van der Waals surface area (Å²) >= 11 is 0. The third-order valence-electron chi connectivity index (χ3n) is 3.01. The zero-order chi connectivity index (χ0) is 15.1. The van der Waals surface area contributed by atoms with Gasteiger partial charge in [-0.1, -0.05) is 12.1 Å². The molecule has 1 aromatic heterocycles.